The average molecular weight is 281 g/mol. The standard InChI is InChI=1S/C14H16FNO2S/c1-10(19-2)9-16-14(18)12-8-11(4-3-7-17)5-6-13(12)15/h5-6,8,10,17H,7,9H2,1-2H3,(H,16,18). The van der Waals surface area contributed by atoms with Crippen LogP contribution in [-0.4, -0.2) is 35.7 Å². The SMILES string of the molecule is CSC(C)CNC(=O)c1cc(C#CCO)ccc1F. The third-order valence-corrected chi connectivity index (χ3v) is 3.45. The fraction of sp³-hybridized carbons (Fsp3) is 0.357. The molecule has 102 valence electrons. The zero-order valence-electron chi connectivity index (χ0n) is 10.9. The first-order valence-corrected chi connectivity index (χ1v) is 7.07. The molecule has 0 saturated carbocycles. The van der Waals surface area contributed by atoms with E-state index in [-0.39, 0.29) is 17.4 Å². The molecule has 0 fully saturated rings. The van der Waals surface area contributed by atoms with Crippen LogP contribution >= 0.6 is 11.8 Å². The molecule has 19 heavy (non-hydrogen) atoms. The Hall–Kier alpha value is -1.51. The molecule has 0 bridgehead atoms. The Morgan fingerprint density at radius 1 is 1.58 bits per heavy atom. The van der Waals surface area contributed by atoms with Crippen molar-refractivity contribution in [3.8, 4) is 11.8 Å². The van der Waals surface area contributed by atoms with Crippen LogP contribution in [0.2, 0.25) is 0 Å². The van der Waals surface area contributed by atoms with E-state index >= 15 is 0 Å². The van der Waals surface area contributed by atoms with Crippen LogP contribution in [0.15, 0.2) is 18.2 Å². The van der Waals surface area contributed by atoms with E-state index in [1.807, 2.05) is 13.2 Å². The molecule has 1 unspecified atom stereocenters. The first-order chi connectivity index (χ1) is 9.08. The van der Waals surface area contributed by atoms with Gasteiger partial charge in [-0.05, 0) is 24.5 Å². The predicted octanol–water partition coefficient (Wildman–Crippen LogP) is 1.65. The molecular weight excluding hydrogens is 265 g/mol. The number of benzene rings is 1. The number of nitrogens with one attached hydrogen (secondary N) is 1. The second-order valence-corrected chi connectivity index (χ2v) is 5.19. The van der Waals surface area contributed by atoms with Crippen LogP contribution in [0.5, 0.6) is 0 Å². The minimum atomic E-state index is -0.580. The molecule has 0 heterocycles. The van der Waals surface area contributed by atoms with Gasteiger partial charge in [-0.1, -0.05) is 18.8 Å². The molecule has 1 rings (SSSR count). The summed E-state index contributed by atoms with van der Waals surface area (Å²) in [5, 5.41) is 11.5. The molecule has 0 aliphatic carbocycles. The van der Waals surface area contributed by atoms with Crippen LogP contribution in [0.1, 0.15) is 22.8 Å². The monoisotopic (exact) mass is 281 g/mol. The van der Waals surface area contributed by atoms with Gasteiger partial charge in [0, 0.05) is 17.4 Å². The van der Waals surface area contributed by atoms with E-state index in [0.29, 0.717) is 12.1 Å². The predicted molar refractivity (Wildman–Crippen MR) is 75.7 cm³/mol. The Labute approximate surface area is 116 Å². The van der Waals surface area contributed by atoms with Crippen LogP contribution < -0.4 is 5.32 Å². The zero-order valence-corrected chi connectivity index (χ0v) is 11.7. The van der Waals surface area contributed by atoms with Gasteiger partial charge in [0.1, 0.15) is 12.4 Å². The fourth-order valence-corrected chi connectivity index (χ4v) is 1.58. The summed E-state index contributed by atoms with van der Waals surface area (Å²) >= 11 is 1.62. The molecule has 0 aliphatic rings. The summed E-state index contributed by atoms with van der Waals surface area (Å²) in [7, 11) is 0. The lowest BCUT2D eigenvalue weighted by molar-refractivity contribution is 0.0950. The number of aliphatic hydroxyl groups excluding tert-OH is 1. The van der Waals surface area contributed by atoms with Crippen LogP contribution in [0.3, 0.4) is 0 Å². The van der Waals surface area contributed by atoms with Crippen LogP contribution in [0.4, 0.5) is 4.39 Å². The Balaban J connectivity index is 2.83. The number of thioether (sulfide) groups is 1. The molecule has 0 radical (unpaired) electrons. The summed E-state index contributed by atoms with van der Waals surface area (Å²) in [6.07, 6.45) is 1.95. The number of hydrogen-bond acceptors (Lipinski definition) is 3. The molecule has 0 spiro atoms. The highest BCUT2D eigenvalue weighted by atomic mass is 32.2. The third-order valence-electron chi connectivity index (χ3n) is 2.48. The average Bonchev–Trinajstić information content (AvgIpc) is 2.43. The number of carbonyl (C=O) groups excluding carboxylic acids is 1. The second kappa shape index (κ2) is 7.82. The van der Waals surface area contributed by atoms with E-state index in [0.717, 1.165) is 0 Å². The van der Waals surface area contributed by atoms with Gasteiger partial charge in [0.25, 0.3) is 5.91 Å². The number of halogens is 1. The maximum atomic E-state index is 13.6. The van der Waals surface area contributed by atoms with Crippen molar-refractivity contribution in [1.29, 1.82) is 0 Å². The number of rotatable bonds is 4. The van der Waals surface area contributed by atoms with Crippen molar-refractivity contribution in [2.75, 3.05) is 19.4 Å². The van der Waals surface area contributed by atoms with Crippen LogP contribution in [-0.2, 0) is 0 Å². The molecule has 1 amide bonds. The first kappa shape index (κ1) is 15.5. The molecule has 1 aromatic rings. The Kier molecular flexibility index (Phi) is 6.40. The van der Waals surface area contributed by atoms with Crippen LogP contribution in [0.25, 0.3) is 0 Å². The fourth-order valence-electron chi connectivity index (χ4n) is 1.33. The quantitative estimate of drug-likeness (QED) is 0.825. The summed E-state index contributed by atoms with van der Waals surface area (Å²) < 4.78 is 13.6. The summed E-state index contributed by atoms with van der Waals surface area (Å²) in [6.45, 7) is 2.18. The van der Waals surface area contributed by atoms with Gasteiger partial charge in [0.05, 0.1) is 5.56 Å². The third kappa shape index (κ3) is 4.93. The second-order valence-electron chi connectivity index (χ2n) is 3.91. The lowest BCUT2D eigenvalue weighted by atomic mass is 10.1. The Bertz CT molecular complexity index is 508. The highest BCUT2D eigenvalue weighted by Gasteiger charge is 2.12. The lowest BCUT2D eigenvalue weighted by Gasteiger charge is -2.10. The number of carbonyl (C=O) groups is 1. The molecule has 0 aromatic heterocycles. The Morgan fingerprint density at radius 2 is 2.32 bits per heavy atom. The van der Waals surface area contributed by atoms with Gasteiger partial charge in [-0.15, -0.1) is 0 Å². The Morgan fingerprint density at radius 3 is 2.95 bits per heavy atom. The number of aliphatic hydroxyl groups is 1. The van der Waals surface area contributed by atoms with Crippen molar-refractivity contribution in [2.45, 2.75) is 12.2 Å². The zero-order chi connectivity index (χ0) is 14.3. The van der Waals surface area contributed by atoms with Gasteiger partial charge in [0.15, 0.2) is 0 Å². The van der Waals surface area contributed by atoms with E-state index < -0.39 is 11.7 Å². The van der Waals surface area contributed by atoms with Crippen molar-refractivity contribution < 1.29 is 14.3 Å². The smallest absolute Gasteiger partial charge is 0.254 e. The van der Waals surface area contributed by atoms with Crippen molar-refractivity contribution in [3.63, 3.8) is 0 Å². The van der Waals surface area contributed by atoms with Crippen molar-refractivity contribution >= 4 is 17.7 Å². The highest BCUT2D eigenvalue weighted by molar-refractivity contribution is 7.99. The summed E-state index contributed by atoms with van der Waals surface area (Å²) in [4.78, 5) is 11.9. The first-order valence-electron chi connectivity index (χ1n) is 5.78. The van der Waals surface area contributed by atoms with Crippen molar-refractivity contribution in [1.82, 2.24) is 5.32 Å². The topological polar surface area (TPSA) is 49.3 Å². The normalized spacial score (nSPS) is 11.4. The lowest BCUT2D eigenvalue weighted by Crippen LogP contribution is -2.30. The molecular formula is C14H16FNO2S. The largest absolute Gasteiger partial charge is 0.384 e. The molecule has 0 aliphatic heterocycles. The summed E-state index contributed by atoms with van der Waals surface area (Å²) in [5.74, 6) is 4.07. The summed E-state index contributed by atoms with van der Waals surface area (Å²) in [5.41, 5.74) is 0.469. The van der Waals surface area contributed by atoms with Gasteiger partial charge in [-0.2, -0.15) is 11.8 Å². The maximum absolute atomic E-state index is 13.6. The maximum Gasteiger partial charge on any atom is 0.254 e. The van der Waals surface area contributed by atoms with Gasteiger partial charge >= 0.3 is 0 Å². The van der Waals surface area contributed by atoms with Crippen LogP contribution in [0, 0.1) is 17.7 Å². The molecule has 1 aromatic carbocycles. The molecule has 3 nitrogen and oxygen atoms in total. The molecule has 0 saturated heterocycles. The number of amides is 1. The minimum absolute atomic E-state index is 0.0296. The highest BCUT2D eigenvalue weighted by Crippen LogP contribution is 2.10. The van der Waals surface area contributed by atoms with Gasteiger partial charge in [-0.3, -0.25) is 4.79 Å². The van der Waals surface area contributed by atoms with Gasteiger partial charge in [0.2, 0.25) is 0 Å². The molecule has 1 atom stereocenters. The van der Waals surface area contributed by atoms with Crippen molar-refractivity contribution in [2.24, 2.45) is 0 Å². The van der Waals surface area contributed by atoms with E-state index in [9.17, 15) is 9.18 Å². The molecule has 5 heteroatoms. The van der Waals surface area contributed by atoms with E-state index in [4.69, 9.17) is 5.11 Å². The van der Waals surface area contributed by atoms with Gasteiger partial charge in [-0.25, -0.2) is 4.39 Å². The van der Waals surface area contributed by atoms with E-state index in [1.54, 1.807) is 11.8 Å². The minimum Gasteiger partial charge on any atom is -0.384 e. The number of hydrogen-bond donors (Lipinski definition) is 2. The van der Waals surface area contributed by atoms with Gasteiger partial charge < -0.3 is 10.4 Å². The summed E-state index contributed by atoms with van der Waals surface area (Å²) in [6, 6.07) is 4.06. The van der Waals surface area contributed by atoms with E-state index in [2.05, 4.69) is 17.2 Å². The molecule has 2 N–H and O–H groups in total. The van der Waals surface area contributed by atoms with E-state index in [1.165, 1.54) is 18.2 Å². The van der Waals surface area contributed by atoms with Crippen molar-refractivity contribution in [3.05, 3.63) is 35.1 Å².